The van der Waals surface area contributed by atoms with Gasteiger partial charge >= 0.3 is 0 Å². The Morgan fingerprint density at radius 1 is 1.24 bits per heavy atom. The number of benzene rings is 1. The predicted octanol–water partition coefficient (Wildman–Crippen LogP) is 2.30. The molecule has 2 N–H and O–H groups in total. The Morgan fingerprint density at radius 3 is 2.65 bits per heavy atom. The number of nitrogens with two attached hydrogens (primary N) is 1. The Hall–Kier alpha value is -1.61. The maximum Gasteiger partial charge on any atom is 0.110 e. The van der Waals surface area contributed by atoms with Crippen LogP contribution in [-0.2, 0) is 6.42 Å². The lowest BCUT2D eigenvalue weighted by atomic mass is 10.1. The first-order valence-corrected chi connectivity index (χ1v) is 5.94. The van der Waals surface area contributed by atoms with Gasteiger partial charge in [0.2, 0.25) is 0 Å². The van der Waals surface area contributed by atoms with Crippen LogP contribution in [0.1, 0.15) is 22.6 Å². The van der Waals surface area contributed by atoms with Gasteiger partial charge in [0.05, 0.1) is 5.69 Å². The van der Waals surface area contributed by atoms with Crippen LogP contribution in [0, 0.1) is 20.8 Å². The molecule has 2 aromatic rings. The number of aryl methyl sites for hydroxylation is 3. The first-order valence-electron chi connectivity index (χ1n) is 5.94. The third-order valence-corrected chi connectivity index (χ3v) is 2.94. The standard InChI is InChI=1S/C14H19N3/c1-10-4-5-14(11(2)8-10)17-9-13(6-7-15)16-12(17)3/h4-5,8-9H,6-7,15H2,1-3H3. The molecule has 3 nitrogen and oxygen atoms in total. The van der Waals surface area contributed by atoms with E-state index in [9.17, 15) is 0 Å². The lowest BCUT2D eigenvalue weighted by Gasteiger charge is -2.09. The fraction of sp³-hybridized carbons (Fsp3) is 0.357. The summed E-state index contributed by atoms with van der Waals surface area (Å²) in [5, 5.41) is 0. The molecule has 0 spiro atoms. The number of rotatable bonds is 3. The van der Waals surface area contributed by atoms with Gasteiger partial charge in [-0.1, -0.05) is 17.7 Å². The first-order chi connectivity index (χ1) is 8.11. The lowest BCUT2D eigenvalue weighted by molar-refractivity contribution is 0.928. The van der Waals surface area contributed by atoms with Gasteiger partial charge in [-0.3, -0.25) is 0 Å². The number of hydrogen-bond acceptors (Lipinski definition) is 2. The highest BCUT2D eigenvalue weighted by Crippen LogP contribution is 2.18. The van der Waals surface area contributed by atoms with E-state index in [1.165, 1.54) is 16.8 Å². The molecule has 1 heterocycles. The van der Waals surface area contributed by atoms with E-state index < -0.39 is 0 Å². The van der Waals surface area contributed by atoms with Crippen LogP contribution in [0.3, 0.4) is 0 Å². The summed E-state index contributed by atoms with van der Waals surface area (Å²) in [5.74, 6) is 1.01. The van der Waals surface area contributed by atoms with Gasteiger partial charge in [-0.15, -0.1) is 0 Å². The third-order valence-electron chi connectivity index (χ3n) is 2.94. The largest absolute Gasteiger partial charge is 0.330 e. The summed E-state index contributed by atoms with van der Waals surface area (Å²) in [7, 11) is 0. The highest BCUT2D eigenvalue weighted by molar-refractivity contribution is 5.43. The minimum absolute atomic E-state index is 0.642. The van der Waals surface area contributed by atoms with Gasteiger partial charge in [0.1, 0.15) is 5.82 Å². The van der Waals surface area contributed by atoms with E-state index in [0.717, 1.165) is 17.9 Å². The van der Waals surface area contributed by atoms with Crippen LogP contribution in [-0.4, -0.2) is 16.1 Å². The van der Waals surface area contributed by atoms with E-state index >= 15 is 0 Å². The highest BCUT2D eigenvalue weighted by atomic mass is 15.1. The van der Waals surface area contributed by atoms with Gasteiger partial charge in [-0.2, -0.15) is 0 Å². The summed E-state index contributed by atoms with van der Waals surface area (Å²) in [5.41, 5.74) is 10.4. The summed E-state index contributed by atoms with van der Waals surface area (Å²) in [6, 6.07) is 6.47. The first kappa shape index (κ1) is 11.9. The van der Waals surface area contributed by atoms with Gasteiger partial charge in [0.25, 0.3) is 0 Å². The maximum atomic E-state index is 5.56. The van der Waals surface area contributed by atoms with Crippen LogP contribution in [0.4, 0.5) is 0 Å². The zero-order valence-electron chi connectivity index (χ0n) is 10.7. The second-order valence-electron chi connectivity index (χ2n) is 4.48. The van der Waals surface area contributed by atoms with Crippen molar-refractivity contribution in [3.63, 3.8) is 0 Å². The molecule has 17 heavy (non-hydrogen) atoms. The van der Waals surface area contributed by atoms with E-state index in [-0.39, 0.29) is 0 Å². The van der Waals surface area contributed by atoms with E-state index in [1.54, 1.807) is 0 Å². The molecule has 0 radical (unpaired) electrons. The molecular weight excluding hydrogens is 210 g/mol. The molecular formula is C14H19N3. The summed E-state index contributed by atoms with van der Waals surface area (Å²) in [6.07, 6.45) is 2.92. The molecule has 1 aromatic carbocycles. The Balaban J connectivity index is 2.45. The van der Waals surface area contributed by atoms with Gasteiger partial charge in [0.15, 0.2) is 0 Å². The molecule has 3 heteroatoms. The van der Waals surface area contributed by atoms with Gasteiger partial charge in [-0.25, -0.2) is 4.98 Å². The van der Waals surface area contributed by atoms with E-state index in [2.05, 4.69) is 47.8 Å². The van der Waals surface area contributed by atoms with Crippen molar-refractivity contribution in [2.45, 2.75) is 27.2 Å². The monoisotopic (exact) mass is 229 g/mol. The zero-order chi connectivity index (χ0) is 12.4. The summed E-state index contributed by atoms with van der Waals surface area (Å²) < 4.78 is 2.14. The SMILES string of the molecule is Cc1ccc(-n2cc(CCN)nc2C)c(C)c1. The van der Waals surface area contributed by atoms with Crippen LogP contribution >= 0.6 is 0 Å². The van der Waals surface area contributed by atoms with Crippen LogP contribution in [0.5, 0.6) is 0 Å². The van der Waals surface area contributed by atoms with Crippen molar-refractivity contribution in [3.8, 4) is 5.69 Å². The van der Waals surface area contributed by atoms with Gasteiger partial charge in [-0.05, 0) is 38.9 Å². The molecule has 0 aliphatic rings. The number of imidazole rings is 1. The maximum absolute atomic E-state index is 5.56. The van der Waals surface area contributed by atoms with Gasteiger partial charge < -0.3 is 10.3 Å². The summed E-state index contributed by atoms with van der Waals surface area (Å²) in [6.45, 7) is 6.91. The molecule has 2 rings (SSSR count). The van der Waals surface area contributed by atoms with Crippen molar-refractivity contribution in [1.29, 1.82) is 0 Å². The highest BCUT2D eigenvalue weighted by Gasteiger charge is 2.07. The van der Waals surface area contributed by atoms with Crippen molar-refractivity contribution in [2.75, 3.05) is 6.54 Å². The van der Waals surface area contributed by atoms with E-state index in [4.69, 9.17) is 5.73 Å². The molecule has 0 saturated carbocycles. The Morgan fingerprint density at radius 2 is 2.00 bits per heavy atom. The van der Waals surface area contributed by atoms with Crippen molar-refractivity contribution < 1.29 is 0 Å². The Bertz CT molecular complexity index is 526. The second kappa shape index (κ2) is 4.72. The molecule has 0 amide bonds. The molecule has 90 valence electrons. The van der Waals surface area contributed by atoms with Crippen LogP contribution < -0.4 is 5.73 Å². The Labute approximate surface area is 102 Å². The van der Waals surface area contributed by atoms with Crippen LogP contribution in [0.15, 0.2) is 24.4 Å². The Kier molecular flexibility index (Phi) is 3.29. The molecule has 0 saturated heterocycles. The van der Waals surface area contributed by atoms with Gasteiger partial charge in [0, 0.05) is 18.3 Å². The van der Waals surface area contributed by atoms with Crippen molar-refractivity contribution in [1.82, 2.24) is 9.55 Å². The number of nitrogens with zero attached hydrogens (tertiary/aromatic N) is 2. The van der Waals surface area contributed by atoms with E-state index in [1.807, 2.05) is 6.92 Å². The fourth-order valence-electron chi connectivity index (χ4n) is 2.12. The average molecular weight is 229 g/mol. The molecule has 0 fully saturated rings. The molecule has 0 aliphatic carbocycles. The lowest BCUT2D eigenvalue weighted by Crippen LogP contribution is -2.02. The minimum atomic E-state index is 0.642. The average Bonchev–Trinajstić information content (AvgIpc) is 2.60. The topological polar surface area (TPSA) is 43.8 Å². The van der Waals surface area contributed by atoms with Crippen molar-refractivity contribution in [3.05, 3.63) is 47.0 Å². The predicted molar refractivity (Wildman–Crippen MR) is 70.5 cm³/mol. The quantitative estimate of drug-likeness (QED) is 0.877. The summed E-state index contributed by atoms with van der Waals surface area (Å²) in [4.78, 5) is 4.52. The fourth-order valence-corrected chi connectivity index (χ4v) is 2.12. The molecule has 0 aliphatic heterocycles. The minimum Gasteiger partial charge on any atom is -0.330 e. The molecule has 0 atom stereocenters. The number of aromatic nitrogens is 2. The number of hydrogen-bond donors (Lipinski definition) is 1. The second-order valence-corrected chi connectivity index (χ2v) is 4.48. The smallest absolute Gasteiger partial charge is 0.110 e. The zero-order valence-corrected chi connectivity index (χ0v) is 10.7. The molecule has 1 aromatic heterocycles. The van der Waals surface area contributed by atoms with Crippen molar-refractivity contribution >= 4 is 0 Å². The summed E-state index contributed by atoms with van der Waals surface area (Å²) >= 11 is 0. The van der Waals surface area contributed by atoms with Crippen LogP contribution in [0.25, 0.3) is 5.69 Å². The normalized spacial score (nSPS) is 10.8. The van der Waals surface area contributed by atoms with Crippen molar-refractivity contribution in [2.24, 2.45) is 5.73 Å². The molecule has 0 bridgehead atoms. The molecule has 0 unspecified atom stereocenters. The third kappa shape index (κ3) is 2.39. The van der Waals surface area contributed by atoms with E-state index in [0.29, 0.717) is 6.54 Å². The van der Waals surface area contributed by atoms with Crippen LogP contribution in [0.2, 0.25) is 0 Å².